The predicted octanol–water partition coefficient (Wildman–Crippen LogP) is 2.89. The van der Waals surface area contributed by atoms with Crippen LogP contribution in [0.25, 0.3) is 0 Å². The number of benzene rings is 1. The van der Waals surface area contributed by atoms with Gasteiger partial charge in [-0.25, -0.2) is 0 Å². The van der Waals surface area contributed by atoms with Gasteiger partial charge in [-0.1, -0.05) is 73.0 Å². The van der Waals surface area contributed by atoms with E-state index in [4.69, 9.17) is 0 Å². The number of likely N-dealkylation sites (tertiary alicyclic amines) is 1. The Labute approximate surface area is 226 Å². The number of nitrogens with one attached hydrogen (secondary N) is 2. The van der Waals surface area contributed by atoms with E-state index in [1.54, 1.807) is 16.7 Å². The molecule has 3 amide bonds. The summed E-state index contributed by atoms with van der Waals surface area (Å²) in [5, 5.41) is 16.5. The molecule has 0 aliphatic carbocycles. The van der Waals surface area contributed by atoms with Crippen molar-refractivity contribution in [2.45, 2.75) is 79.3 Å². The summed E-state index contributed by atoms with van der Waals surface area (Å²) in [6, 6.07) is 8.47. The molecule has 3 unspecified atom stereocenters. The van der Waals surface area contributed by atoms with Gasteiger partial charge >= 0.3 is 0 Å². The maximum atomic E-state index is 14.2. The van der Waals surface area contributed by atoms with Gasteiger partial charge in [0.05, 0.1) is 29.2 Å². The number of alkyl halides is 1. The van der Waals surface area contributed by atoms with E-state index in [0.717, 1.165) is 31.2 Å². The number of aliphatic hydroxyl groups is 1. The first-order chi connectivity index (χ1) is 17.4. The molecule has 198 valence electrons. The second kappa shape index (κ2) is 11.9. The topological polar surface area (TPSA) is 98.7 Å². The van der Waals surface area contributed by atoms with Gasteiger partial charge in [0.15, 0.2) is 0 Å². The van der Waals surface area contributed by atoms with Crippen molar-refractivity contribution in [1.82, 2.24) is 15.5 Å². The van der Waals surface area contributed by atoms with E-state index in [-0.39, 0.29) is 34.4 Å². The Hall–Kier alpha value is -1.58. The highest BCUT2D eigenvalue weighted by atomic mass is 79.9. The van der Waals surface area contributed by atoms with Crippen LogP contribution in [0.15, 0.2) is 30.3 Å². The predicted molar refractivity (Wildman–Crippen MR) is 146 cm³/mol. The van der Waals surface area contributed by atoms with Crippen molar-refractivity contribution in [2.75, 3.05) is 19.7 Å². The van der Waals surface area contributed by atoms with Crippen LogP contribution in [0.2, 0.25) is 0 Å². The quantitative estimate of drug-likeness (QED) is 0.261. The highest BCUT2D eigenvalue weighted by molar-refractivity contribution is 9.09. The largest absolute Gasteiger partial charge is 0.394 e. The Bertz CT molecular complexity index is 950. The maximum Gasteiger partial charge on any atom is 0.244 e. The molecule has 4 rings (SSSR count). The van der Waals surface area contributed by atoms with Gasteiger partial charge in [-0.3, -0.25) is 14.4 Å². The summed E-state index contributed by atoms with van der Waals surface area (Å²) in [6.45, 7) is 4.99. The summed E-state index contributed by atoms with van der Waals surface area (Å²) < 4.78 is -0.691. The lowest BCUT2D eigenvalue weighted by molar-refractivity contribution is -0.142. The van der Waals surface area contributed by atoms with Crippen molar-refractivity contribution in [3.05, 3.63) is 35.9 Å². The Morgan fingerprint density at radius 3 is 2.53 bits per heavy atom. The Morgan fingerprint density at radius 2 is 1.86 bits per heavy atom. The number of carbonyl (C=O) groups excluding carboxylic acids is 3. The first-order valence-electron chi connectivity index (χ1n) is 13.2. The van der Waals surface area contributed by atoms with E-state index >= 15 is 0 Å². The number of nitrogens with zero attached hydrogens (tertiary/aromatic N) is 1. The molecular formula is C27H38BrN3O4S. The molecule has 2 bridgehead atoms. The van der Waals surface area contributed by atoms with Crippen molar-refractivity contribution < 1.29 is 19.5 Å². The third-order valence-corrected chi connectivity index (χ3v) is 11.0. The number of unbranched alkanes of at least 4 members (excludes halogenated alkanes) is 2. The fraction of sp³-hybridized carbons (Fsp3) is 0.667. The molecule has 3 N–H and O–H groups in total. The van der Waals surface area contributed by atoms with Gasteiger partial charge in [0.1, 0.15) is 6.04 Å². The number of thioether (sulfide) groups is 1. The summed E-state index contributed by atoms with van der Waals surface area (Å²) >= 11 is 5.43. The zero-order chi connectivity index (χ0) is 25.9. The number of halogens is 1. The van der Waals surface area contributed by atoms with Crippen molar-refractivity contribution in [3.63, 3.8) is 0 Å². The number of fused-ring (bicyclic) bond motifs is 1. The molecule has 1 aromatic rings. The van der Waals surface area contributed by atoms with Gasteiger partial charge < -0.3 is 20.6 Å². The SMILES string of the molecule is CCCCCNC(=O)C1N([C@@H](CO)Cc2ccccc2)C(=O)[C@@H]2[C@@H](C(=O)NCCC)[C@@H]3SC12CC3Br. The summed E-state index contributed by atoms with van der Waals surface area (Å²) in [7, 11) is 0. The summed E-state index contributed by atoms with van der Waals surface area (Å²) in [5.74, 6) is -1.52. The van der Waals surface area contributed by atoms with E-state index in [9.17, 15) is 19.5 Å². The number of carbonyl (C=O) groups is 3. The van der Waals surface area contributed by atoms with Crippen LogP contribution in [0.4, 0.5) is 0 Å². The van der Waals surface area contributed by atoms with Gasteiger partial charge in [0.25, 0.3) is 0 Å². The van der Waals surface area contributed by atoms with Gasteiger partial charge in [0, 0.05) is 23.2 Å². The average molecular weight is 581 g/mol. The average Bonchev–Trinajstić information content (AvgIpc) is 3.47. The number of aliphatic hydroxyl groups excluding tert-OH is 1. The Kier molecular flexibility index (Phi) is 9.05. The van der Waals surface area contributed by atoms with Crippen LogP contribution in [0, 0.1) is 11.8 Å². The highest BCUT2D eigenvalue weighted by Gasteiger charge is 2.76. The van der Waals surface area contributed by atoms with Crippen LogP contribution in [0.3, 0.4) is 0 Å². The lowest BCUT2D eigenvalue weighted by Gasteiger charge is -2.37. The van der Waals surface area contributed by atoms with Gasteiger partial charge in [0.2, 0.25) is 17.7 Å². The zero-order valence-electron chi connectivity index (χ0n) is 21.1. The lowest BCUT2D eigenvalue weighted by atomic mass is 9.70. The highest BCUT2D eigenvalue weighted by Crippen LogP contribution is 2.68. The molecule has 1 aromatic carbocycles. The minimum Gasteiger partial charge on any atom is -0.394 e. The third kappa shape index (κ3) is 4.95. The van der Waals surface area contributed by atoms with Gasteiger partial charge in [-0.05, 0) is 31.2 Å². The molecule has 7 atom stereocenters. The molecule has 7 nitrogen and oxygen atoms in total. The molecule has 0 aromatic heterocycles. The standard InChI is InChI=1S/C27H38BrN3O4S/c1-3-5-9-13-30-25(34)23-27-15-19(28)22(36-27)20(24(33)29-12-4-2)21(27)26(35)31(23)18(16-32)14-17-10-7-6-8-11-17/h6-8,10-11,18-23,32H,3-5,9,12-16H2,1-2H3,(H,29,33)(H,30,34)/t18-,19?,20-,21+,22-,23?,27?/m1/s1. The van der Waals surface area contributed by atoms with Crippen LogP contribution in [-0.4, -0.2) is 74.3 Å². The summed E-state index contributed by atoms with van der Waals surface area (Å²) in [5.41, 5.74) is 0.994. The van der Waals surface area contributed by atoms with Crippen LogP contribution in [0.5, 0.6) is 0 Å². The fourth-order valence-corrected chi connectivity index (χ4v) is 9.85. The molecule has 3 fully saturated rings. The lowest BCUT2D eigenvalue weighted by Crippen LogP contribution is -2.57. The van der Waals surface area contributed by atoms with Crippen molar-refractivity contribution in [2.24, 2.45) is 11.8 Å². The Balaban J connectivity index is 1.69. The van der Waals surface area contributed by atoms with Gasteiger partial charge in [-0.15, -0.1) is 11.8 Å². The van der Waals surface area contributed by atoms with Gasteiger partial charge in [-0.2, -0.15) is 0 Å². The van der Waals surface area contributed by atoms with Crippen LogP contribution in [0.1, 0.15) is 51.5 Å². The third-order valence-electron chi connectivity index (χ3n) is 7.83. The number of hydrogen-bond donors (Lipinski definition) is 3. The molecule has 1 spiro atoms. The molecule has 3 aliphatic rings. The smallest absolute Gasteiger partial charge is 0.244 e. The second-order valence-electron chi connectivity index (χ2n) is 10.2. The first kappa shape index (κ1) is 27.5. The fourth-order valence-electron chi connectivity index (χ4n) is 6.25. The maximum absolute atomic E-state index is 14.2. The van der Waals surface area contributed by atoms with Crippen molar-refractivity contribution in [1.29, 1.82) is 0 Å². The molecule has 3 saturated heterocycles. The minimum atomic E-state index is -0.725. The first-order valence-corrected chi connectivity index (χ1v) is 15.0. The molecular weight excluding hydrogens is 542 g/mol. The molecule has 0 radical (unpaired) electrons. The molecule has 3 aliphatic heterocycles. The van der Waals surface area contributed by atoms with Crippen molar-refractivity contribution >= 4 is 45.4 Å². The number of hydrogen-bond acceptors (Lipinski definition) is 5. The molecule has 0 saturated carbocycles. The monoisotopic (exact) mass is 579 g/mol. The zero-order valence-corrected chi connectivity index (χ0v) is 23.5. The molecule has 9 heteroatoms. The van der Waals surface area contributed by atoms with E-state index in [0.29, 0.717) is 25.9 Å². The van der Waals surface area contributed by atoms with Crippen LogP contribution >= 0.6 is 27.7 Å². The van der Waals surface area contributed by atoms with E-state index in [2.05, 4.69) is 33.5 Å². The minimum absolute atomic E-state index is 0.0426. The Morgan fingerprint density at radius 1 is 1.14 bits per heavy atom. The van der Waals surface area contributed by atoms with Crippen LogP contribution < -0.4 is 10.6 Å². The number of amides is 3. The summed E-state index contributed by atoms with van der Waals surface area (Å²) in [4.78, 5) is 43.0. The molecule has 3 heterocycles. The van der Waals surface area contributed by atoms with E-state index < -0.39 is 28.7 Å². The second-order valence-corrected chi connectivity index (χ2v) is 12.9. The normalized spacial score (nSPS) is 31.4. The summed E-state index contributed by atoms with van der Waals surface area (Å²) in [6.07, 6.45) is 4.86. The van der Waals surface area contributed by atoms with Crippen LogP contribution in [-0.2, 0) is 20.8 Å². The van der Waals surface area contributed by atoms with E-state index in [1.807, 2.05) is 37.3 Å². The molecule has 36 heavy (non-hydrogen) atoms. The van der Waals surface area contributed by atoms with Crippen molar-refractivity contribution in [3.8, 4) is 0 Å². The number of rotatable bonds is 12. The van der Waals surface area contributed by atoms with E-state index in [1.165, 1.54) is 0 Å².